The van der Waals surface area contributed by atoms with Crippen molar-refractivity contribution in [1.82, 2.24) is 14.9 Å². The molecule has 5 heteroatoms. The summed E-state index contributed by atoms with van der Waals surface area (Å²) in [6.45, 7) is 3.78. The number of aromatic nitrogens is 2. The lowest BCUT2D eigenvalue weighted by molar-refractivity contribution is -0.137. The predicted molar refractivity (Wildman–Crippen MR) is 117 cm³/mol. The highest BCUT2D eigenvalue weighted by atomic mass is 16.4. The van der Waals surface area contributed by atoms with E-state index in [0.29, 0.717) is 6.42 Å². The van der Waals surface area contributed by atoms with E-state index in [9.17, 15) is 4.79 Å². The molecule has 3 aromatic rings. The zero-order chi connectivity index (χ0) is 20.9. The maximum atomic E-state index is 10.8. The lowest BCUT2D eigenvalue weighted by Gasteiger charge is -2.33. The number of carboxylic acids is 1. The van der Waals surface area contributed by atoms with Gasteiger partial charge in [-0.2, -0.15) is 0 Å². The number of carbonyl (C=O) groups is 1. The van der Waals surface area contributed by atoms with Gasteiger partial charge in [0.15, 0.2) is 5.82 Å². The Morgan fingerprint density at radius 1 is 1.10 bits per heavy atom. The van der Waals surface area contributed by atoms with Gasteiger partial charge in [-0.25, -0.2) is 9.97 Å². The second-order valence-corrected chi connectivity index (χ2v) is 8.03. The van der Waals surface area contributed by atoms with E-state index in [2.05, 4.69) is 65.3 Å². The molecule has 1 aliphatic rings. The summed E-state index contributed by atoms with van der Waals surface area (Å²) in [5, 5.41) is 8.91. The first-order valence-corrected chi connectivity index (χ1v) is 10.5. The number of carboxylic acid groups (broad SMARTS) is 1. The average Bonchev–Trinajstić information content (AvgIpc) is 2.78. The Balaban J connectivity index is 1.43. The van der Waals surface area contributed by atoms with Crippen molar-refractivity contribution in [2.75, 3.05) is 6.54 Å². The summed E-state index contributed by atoms with van der Waals surface area (Å²) >= 11 is 0. The predicted octanol–water partition coefficient (Wildman–Crippen LogP) is 4.35. The Kier molecular flexibility index (Phi) is 6.19. The van der Waals surface area contributed by atoms with E-state index in [1.54, 1.807) is 0 Å². The fourth-order valence-corrected chi connectivity index (χ4v) is 3.97. The molecule has 0 saturated heterocycles. The van der Waals surface area contributed by atoms with Crippen molar-refractivity contribution >= 4 is 5.97 Å². The lowest BCUT2D eigenvalue weighted by Crippen LogP contribution is -2.38. The first-order chi connectivity index (χ1) is 14.6. The number of fused-ring (bicyclic) bond motifs is 1. The van der Waals surface area contributed by atoms with Crippen molar-refractivity contribution in [2.24, 2.45) is 0 Å². The minimum Gasteiger partial charge on any atom is -0.481 e. The van der Waals surface area contributed by atoms with Gasteiger partial charge in [0.05, 0.1) is 5.69 Å². The molecule has 0 fully saturated rings. The monoisotopic (exact) mass is 401 g/mol. The second-order valence-electron chi connectivity index (χ2n) is 8.03. The Morgan fingerprint density at radius 3 is 2.57 bits per heavy atom. The Morgan fingerprint density at radius 2 is 1.83 bits per heavy atom. The van der Waals surface area contributed by atoms with E-state index in [1.807, 2.05) is 12.3 Å². The van der Waals surface area contributed by atoms with Gasteiger partial charge in [-0.3, -0.25) is 9.69 Å². The maximum absolute atomic E-state index is 10.8. The maximum Gasteiger partial charge on any atom is 0.303 e. The van der Waals surface area contributed by atoms with E-state index in [-0.39, 0.29) is 12.5 Å². The molecule has 0 amide bonds. The van der Waals surface area contributed by atoms with Crippen LogP contribution < -0.4 is 0 Å². The summed E-state index contributed by atoms with van der Waals surface area (Å²) in [6.07, 6.45) is 4.60. The van der Waals surface area contributed by atoms with Crippen molar-refractivity contribution in [1.29, 1.82) is 0 Å². The topological polar surface area (TPSA) is 66.3 Å². The first-order valence-electron chi connectivity index (χ1n) is 10.5. The average molecular weight is 402 g/mol. The van der Waals surface area contributed by atoms with Crippen molar-refractivity contribution in [2.45, 2.75) is 45.2 Å². The van der Waals surface area contributed by atoms with Crippen molar-refractivity contribution in [3.8, 4) is 11.4 Å². The highest BCUT2D eigenvalue weighted by Gasteiger charge is 2.22. The zero-order valence-corrected chi connectivity index (χ0v) is 17.3. The molecule has 1 aliphatic heterocycles. The van der Waals surface area contributed by atoms with Gasteiger partial charge in [0.2, 0.25) is 0 Å². The number of nitrogens with zero attached hydrogens (tertiary/aromatic N) is 3. The number of hydrogen-bond acceptors (Lipinski definition) is 4. The molecule has 154 valence electrons. The van der Waals surface area contributed by atoms with Crippen molar-refractivity contribution in [3.63, 3.8) is 0 Å². The fraction of sp³-hybridized carbons (Fsp3) is 0.320. The van der Waals surface area contributed by atoms with E-state index in [1.165, 1.54) is 11.1 Å². The Hall–Kier alpha value is -3.05. The molecule has 1 aromatic heterocycles. The van der Waals surface area contributed by atoms with Gasteiger partial charge in [-0.1, -0.05) is 54.6 Å². The van der Waals surface area contributed by atoms with Gasteiger partial charge < -0.3 is 5.11 Å². The molecule has 0 bridgehead atoms. The van der Waals surface area contributed by atoms with Crippen LogP contribution >= 0.6 is 0 Å². The summed E-state index contributed by atoms with van der Waals surface area (Å²) in [5.74, 6) is 0.0365. The summed E-state index contributed by atoms with van der Waals surface area (Å²) in [4.78, 5) is 22.6. The van der Waals surface area contributed by atoms with Crippen LogP contribution in [0.3, 0.4) is 0 Å². The molecule has 5 nitrogen and oxygen atoms in total. The number of hydrogen-bond donors (Lipinski definition) is 1. The molecule has 30 heavy (non-hydrogen) atoms. The Labute approximate surface area is 177 Å². The van der Waals surface area contributed by atoms with Crippen LogP contribution in [0.1, 0.15) is 42.1 Å². The van der Waals surface area contributed by atoms with E-state index < -0.39 is 5.97 Å². The highest BCUT2D eigenvalue weighted by molar-refractivity contribution is 5.66. The van der Waals surface area contributed by atoms with E-state index in [4.69, 9.17) is 10.1 Å². The molecule has 2 heterocycles. The van der Waals surface area contributed by atoms with Gasteiger partial charge in [0.25, 0.3) is 0 Å². The van der Waals surface area contributed by atoms with Crippen LogP contribution in [0.5, 0.6) is 0 Å². The molecule has 0 aliphatic carbocycles. The summed E-state index contributed by atoms with van der Waals surface area (Å²) in [6, 6.07) is 19.2. The quantitative estimate of drug-likeness (QED) is 0.638. The van der Waals surface area contributed by atoms with E-state index >= 15 is 0 Å². The van der Waals surface area contributed by atoms with Crippen LogP contribution in [-0.2, 0) is 24.2 Å². The van der Waals surface area contributed by atoms with Gasteiger partial charge in [0, 0.05) is 49.3 Å². The third-order valence-corrected chi connectivity index (χ3v) is 5.83. The standard InChI is InChI=1S/C25H27N3O2/c1-18(7-12-24(29)30)28-14-13-23-22(17-28)16-26-25(27-23)21-10-8-20(9-11-21)15-19-5-3-2-4-6-19/h2-6,8-11,16,18H,7,12-15,17H2,1H3,(H,29,30). The molecule has 0 spiro atoms. The van der Waals surface area contributed by atoms with Crippen LogP contribution in [-0.4, -0.2) is 38.5 Å². The third kappa shape index (κ3) is 4.92. The zero-order valence-electron chi connectivity index (χ0n) is 17.3. The van der Waals surface area contributed by atoms with Crippen LogP contribution in [0.2, 0.25) is 0 Å². The summed E-state index contributed by atoms with van der Waals surface area (Å²) < 4.78 is 0. The van der Waals surface area contributed by atoms with Crippen LogP contribution in [0.15, 0.2) is 60.8 Å². The molecule has 1 N–H and O–H groups in total. The van der Waals surface area contributed by atoms with Gasteiger partial charge in [0.1, 0.15) is 0 Å². The van der Waals surface area contributed by atoms with E-state index in [0.717, 1.165) is 48.6 Å². The smallest absolute Gasteiger partial charge is 0.303 e. The Bertz CT molecular complexity index is 1000. The van der Waals surface area contributed by atoms with Gasteiger partial charge in [-0.05, 0) is 30.9 Å². The molecule has 2 aromatic carbocycles. The minimum absolute atomic E-state index is 0.209. The SMILES string of the molecule is CC(CCC(=O)O)N1CCc2nc(-c3ccc(Cc4ccccc4)cc3)ncc2C1. The van der Waals surface area contributed by atoms with Crippen LogP contribution in [0, 0.1) is 0 Å². The summed E-state index contributed by atoms with van der Waals surface area (Å²) in [7, 11) is 0. The van der Waals surface area contributed by atoms with Crippen LogP contribution in [0.4, 0.5) is 0 Å². The normalized spacial score (nSPS) is 14.8. The molecular weight excluding hydrogens is 374 g/mol. The molecule has 4 rings (SSSR count). The highest BCUT2D eigenvalue weighted by Crippen LogP contribution is 2.24. The molecule has 1 unspecified atom stereocenters. The van der Waals surface area contributed by atoms with Crippen molar-refractivity contribution in [3.05, 3.63) is 83.2 Å². The minimum atomic E-state index is -0.734. The largest absolute Gasteiger partial charge is 0.481 e. The molecular formula is C25H27N3O2. The molecule has 1 atom stereocenters. The third-order valence-electron chi connectivity index (χ3n) is 5.83. The first kappa shape index (κ1) is 20.2. The second kappa shape index (κ2) is 9.18. The molecule has 0 saturated carbocycles. The fourth-order valence-electron chi connectivity index (χ4n) is 3.97. The number of rotatable bonds is 7. The number of benzene rings is 2. The van der Waals surface area contributed by atoms with Crippen molar-refractivity contribution < 1.29 is 9.90 Å². The van der Waals surface area contributed by atoms with Gasteiger partial charge in [-0.15, -0.1) is 0 Å². The summed E-state index contributed by atoms with van der Waals surface area (Å²) in [5.41, 5.74) is 5.86. The van der Waals surface area contributed by atoms with Gasteiger partial charge >= 0.3 is 5.97 Å². The van der Waals surface area contributed by atoms with Crippen LogP contribution in [0.25, 0.3) is 11.4 Å². The number of aliphatic carboxylic acids is 1. The lowest BCUT2D eigenvalue weighted by atomic mass is 10.0. The molecule has 0 radical (unpaired) electrons.